The van der Waals surface area contributed by atoms with Crippen molar-refractivity contribution in [3.8, 4) is 11.5 Å². The third kappa shape index (κ3) is 8.22. The predicted octanol–water partition coefficient (Wildman–Crippen LogP) is 8.12. The van der Waals surface area contributed by atoms with Crippen LogP contribution in [0.4, 0.5) is 0 Å². The molecule has 0 aliphatic carbocycles. The highest BCUT2D eigenvalue weighted by Crippen LogP contribution is 2.46. The van der Waals surface area contributed by atoms with Gasteiger partial charge in [0.05, 0.1) is 0 Å². The molecule has 0 saturated heterocycles. The zero-order valence-electron chi connectivity index (χ0n) is 24.6. The standard InChI is InChI=1S/C33H51NO3/c1-24(2)12-8-13-25(3)14-9-15-26(4)16-10-18-33(7)19-17-29-30-22-34(20-11-21-35)23-36-31(30)27(5)28(6)32(29)37-33/h12,14,16,35H,8-11,13,15,17-23H2,1-7H3/t33-/m1/s1. The van der Waals surface area contributed by atoms with Gasteiger partial charge in [0.2, 0.25) is 0 Å². The number of allylic oxidation sites excluding steroid dienone is 6. The molecular weight excluding hydrogens is 458 g/mol. The minimum atomic E-state index is -0.136. The van der Waals surface area contributed by atoms with E-state index in [-0.39, 0.29) is 12.2 Å². The van der Waals surface area contributed by atoms with Crippen LogP contribution in [-0.2, 0) is 13.0 Å². The molecule has 1 N–H and O–H groups in total. The van der Waals surface area contributed by atoms with Crippen molar-refractivity contribution in [1.82, 2.24) is 4.90 Å². The van der Waals surface area contributed by atoms with E-state index < -0.39 is 0 Å². The fourth-order valence-electron chi connectivity index (χ4n) is 5.52. The maximum atomic E-state index is 9.24. The molecule has 2 heterocycles. The highest BCUT2D eigenvalue weighted by molar-refractivity contribution is 5.60. The molecule has 1 aromatic rings. The van der Waals surface area contributed by atoms with Crippen LogP contribution in [0.1, 0.15) is 108 Å². The van der Waals surface area contributed by atoms with Gasteiger partial charge in [-0.05, 0) is 117 Å². The van der Waals surface area contributed by atoms with Crippen LogP contribution in [0.5, 0.6) is 11.5 Å². The third-order valence-corrected chi connectivity index (χ3v) is 8.10. The summed E-state index contributed by atoms with van der Waals surface area (Å²) in [6.45, 7) is 18.1. The van der Waals surface area contributed by atoms with Gasteiger partial charge < -0.3 is 14.6 Å². The molecule has 2 aliphatic rings. The predicted molar refractivity (Wildman–Crippen MR) is 156 cm³/mol. The molecule has 37 heavy (non-hydrogen) atoms. The Morgan fingerprint density at radius 1 is 0.919 bits per heavy atom. The Balaban J connectivity index is 1.58. The number of fused-ring (bicyclic) bond motifs is 3. The minimum absolute atomic E-state index is 0.136. The first-order valence-corrected chi connectivity index (χ1v) is 14.4. The molecule has 0 unspecified atom stereocenters. The Morgan fingerprint density at radius 3 is 2.24 bits per heavy atom. The average molecular weight is 510 g/mol. The van der Waals surface area contributed by atoms with E-state index >= 15 is 0 Å². The lowest BCUT2D eigenvalue weighted by Gasteiger charge is -2.40. The second kappa shape index (κ2) is 13.7. The molecule has 1 aromatic carbocycles. The second-order valence-corrected chi connectivity index (χ2v) is 11.8. The molecule has 0 amide bonds. The van der Waals surface area contributed by atoms with Gasteiger partial charge in [-0.2, -0.15) is 0 Å². The van der Waals surface area contributed by atoms with Crippen LogP contribution >= 0.6 is 0 Å². The molecule has 0 aromatic heterocycles. The van der Waals surface area contributed by atoms with Crippen molar-refractivity contribution in [3.63, 3.8) is 0 Å². The highest BCUT2D eigenvalue weighted by atomic mass is 16.5. The van der Waals surface area contributed by atoms with Crippen molar-refractivity contribution in [2.24, 2.45) is 0 Å². The first kappa shape index (κ1) is 29.5. The van der Waals surface area contributed by atoms with E-state index in [2.05, 4.69) is 71.6 Å². The molecule has 0 spiro atoms. The topological polar surface area (TPSA) is 41.9 Å². The maximum absolute atomic E-state index is 9.24. The third-order valence-electron chi connectivity index (χ3n) is 8.10. The van der Waals surface area contributed by atoms with Crippen molar-refractivity contribution in [2.45, 2.75) is 118 Å². The van der Waals surface area contributed by atoms with E-state index in [1.165, 1.54) is 45.4 Å². The van der Waals surface area contributed by atoms with Crippen LogP contribution in [0.3, 0.4) is 0 Å². The molecule has 0 bridgehead atoms. The Bertz CT molecular complexity index is 1020. The van der Waals surface area contributed by atoms with Crippen LogP contribution in [0.2, 0.25) is 0 Å². The number of hydrogen-bond acceptors (Lipinski definition) is 4. The van der Waals surface area contributed by atoms with Crippen molar-refractivity contribution < 1.29 is 14.6 Å². The van der Waals surface area contributed by atoms with Gasteiger partial charge in [-0.15, -0.1) is 0 Å². The monoisotopic (exact) mass is 509 g/mol. The van der Waals surface area contributed by atoms with Crippen LogP contribution < -0.4 is 9.47 Å². The Labute approximate surface area is 226 Å². The smallest absolute Gasteiger partial charge is 0.142 e. The molecule has 0 radical (unpaired) electrons. The van der Waals surface area contributed by atoms with Crippen LogP contribution in [-0.4, -0.2) is 35.5 Å². The number of ether oxygens (including phenoxy) is 2. The van der Waals surface area contributed by atoms with Gasteiger partial charge >= 0.3 is 0 Å². The first-order chi connectivity index (χ1) is 17.6. The van der Waals surface area contributed by atoms with Crippen molar-refractivity contribution in [1.29, 1.82) is 0 Å². The van der Waals surface area contributed by atoms with E-state index in [9.17, 15) is 5.11 Å². The summed E-state index contributed by atoms with van der Waals surface area (Å²) >= 11 is 0. The normalized spacial score (nSPS) is 20.1. The van der Waals surface area contributed by atoms with Crippen molar-refractivity contribution >= 4 is 0 Å². The average Bonchev–Trinajstić information content (AvgIpc) is 2.85. The lowest BCUT2D eigenvalue weighted by molar-refractivity contribution is 0.0518. The summed E-state index contributed by atoms with van der Waals surface area (Å²) in [6.07, 6.45) is 16.7. The summed E-state index contributed by atoms with van der Waals surface area (Å²) in [4.78, 5) is 2.29. The van der Waals surface area contributed by atoms with Crippen molar-refractivity contribution in [3.05, 3.63) is 57.2 Å². The van der Waals surface area contributed by atoms with Crippen molar-refractivity contribution in [2.75, 3.05) is 19.9 Å². The Kier molecular flexibility index (Phi) is 10.9. The number of aliphatic hydroxyl groups excluding tert-OH is 1. The number of nitrogens with zero attached hydrogens (tertiary/aromatic N) is 1. The Morgan fingerprint density at radius 2 is 1.57 bits per heavy atom. The molecule has 1 atom stereocenters. The zero-order valence-corrected chi connectivity index (χ0v) is 24.6. The molecule has 0 fully saturated rings. The molecule has 0 saturated carbocycles. The van der Waals surface area contributed by atoms with Crippen LogP contribution in [0, 0.1) is 13.8 Å². The van der Waals surface area contributed by atoms with Crippen LogP contribution in [0.15, 0.2) is 34.9 Å². The molecule has 4 heteroatoms. The number of aliphatic hydroxyl groups is 1. The van der Waals surface area contributed by atoms with Gasteiger partial charge in [0, 0.05) is 30.8 Å². The summed E-state index contributed by atoms with van der Waals surface area (Å²) in [6, 6.07) is 0. The number of rotatable bonds is 12. The van der Waals surface area contributed by atoms with E-state index in [4.69, 9.17) is 9.47 Å². The number of benzene rings is 1. The van der Waals surface area contributed by atoms with Gasteiger partial charge in [0.1, 0.15) is 23.8 Å². The molecule has 3 rings (SSSR count). The lowest BCUT2D eigenvalue weighted by atomic mass is 9.84. The van der Waals surface area contributed by atoms with E-state index in [1.807, 2.05) is 0 Å². The van der Waals surface area contributed by atoms with E-state index in [1.54, 1.807) is 0 Å². The summed E-state index contributed by atoms with van der Waals surface area (Å²) in [5.74, 6) is 2.15. The quantitative estimate of drug-likeness (QED) is 0.289. The SMILES string of the molecule is CC(C)=CCCC(C)=CCCC(C)=CCC[C@]1(C)CCc2c3c(c(C)c(C)c2O1)OCN(CCCO)C3. The molecule has 206 valence electrons. The zero-order chi connectivity index (χ0) is 27.0. The second-order valence-electron chi connectivity index (χ2n) is 11.8. The molecular formula is C33H51NO3. The fraction of sp³-hybridized carbons (Fsp3) is 0.636. The van der Waals surface area contributed by atoms with Gasteiger partial charge in [-0.25, -0.2) is 0 Å². The minimum Gasteiger partial charge on any atom is -0.487 e. The summed E-state index contributed by atoms with van der Waals surface area (Å²) in [7, 11) is 0. The first-order valence-electron chi connectivity index (χ1n) is 14.4. The molecule has 2 aliphatic heterocycles. The maximum Gasteiger partial charge on any atom is 0.142 e. The Hall–Kier alpha value is -2.04. The number of hydrogen-bond donors (Lipinski definition) is 1. The van der Waals surface area contributed by atoms with Crippen LogP contribution in [0.25, 0.3) is 0 Å². The van der Waals surface area contributed by atoms with Gasteiger partial charge in [-0.1, -0.05) is 34.9 Å². The van der Waals surface area contributed by atoms with E-state index in [0.717, 1.165) is 76.0 Å². The largest absolute Gasteiger partial charge is 0.487 e. The molecule has 4 nitrogen and oxygen atoms in total. The fourth-order valence-corrected chi connectivity index (χ4v) is 5.52. The van der Waals surface area contributed by atoms with Gasteiger partial charge in [-0.3, -0.25) is 4.90 Å². The summed E-state index contributed by atoms with van der Waals surface area (Å²) < 4.78 is 13.0. The van der Waals surface area contributed by atoms with Gasteiger partial charge in [0.15, 0.2) is 0 Å². The summed E-state index contributed by atoms with van der Waals surface area (Å²) in [5.41, 5.74) is 9.32. The highest BCUT2D eigenvalue weighted by Gasteiger charge is 2.36. The van der Waals surface area contributed by atoms with E-state index in [0.29, 0.717) is 6.73 Å². The summed E-state index contributed by atoms with van der Waals surface area (Å²) in [5, 5.41) is 9.24. The lowest BCUT2D eigenvalue weighted by Crippen LogP contribution is -2.39. The van der Waals surface area contributed by atoms with Gasteiger partial charge in [0.25, 0.3) is 0 Å².